The van der Waals surface area contributed by atoms with Gasteiger partial charge in [-0.25, -0.2) is 0 Å². The van der Waals surface area contributed by atoms with Gasteiger partial charge >= 0.3 is 6.18 Å². The molecule has 1 N–H and O–H groups in total. The van der Waals surface area contributed by atoms with Gasteiger partial charge < -0.3 is 10.1 Å². The zero-order valence-corrected chi connectivity index (χ0v) is 11.0. The number of hydrogen-bond acceptors (Lipinski definition) is 3. The van der Waals surface area contributed by atoms with Crippen molar-refractivity contribution in [1.29, 1.82) is 0 Å². The van der Waals surface area contributed by atoms with Crippen molar-refractivity contribution in [2.45, 2.75) is 32.5 Å². The van der Waals surface area contributed by atoms with Gasteiger partial charge in [0, 0.05) is 19.3 Å². The Morgan fingerprint density at radius 3 is 2.84 bits per heavy atom. The van der Waals surface area contributed by atoms with Crippen LogP contribution < -0.4 is 5.32 Å². The van der Waals surface area contributed by atoms with Gasteiger partial charge in [-0.1, -0.05) is 13.0 Å². The third-order valence-electron chi connectivity index (χ3n) is 2.57. The number of nitrogens with zero attached hydrogens (tertiary/aromatic N) is 1. The van der Waals surface area contributed by atoms with E-state index in [2.05, 4.69) is 22.0 Å². The summed E-state index contributed by atoms with van der Waals surface area (Å²) in [6.07, 6.45) is -1.04. The molecule has 0 fully saturated rings. The molecule has 0 aliphatic heterocycles. The molecule has 0 bridgehead atoms. The molecule has 108 valence electrons. The van der Waals surface area contributed by atoms with Gasteiger partial charge in [0.05, 0.1) is 5.69 Å². The molecular weight excluding hydrogens is 257 g/mol. The molecule has 3 nitrogen and oxygen atoms in total. The number of hydrogen-bond donors (Lipinski definition) is 1. The fourth-order valence-corrected chi connectivity index (χ4v) is 1.65. The molecule has 0 radical (unpaired) electrons. The van der Waals surface area contributed by atoms with Crippen LogP contribution in [0.5, 0.6) is 0 Å². The summed E-state index contributed by atoms with van der Waals surface area (Å²) in [5, 5.41) is 3.15. The minimum absolute atomic E-state index is 0.107. The zero-order valence-electron chi connectivity index (χ0n) is 11.0. The lowest BCUT2D eigenvalue weighted by atomic mass is 10.1. The molecule has 0 aliphatic carbocycles. The molecule has 6 heteroatoms. The molecule has 1 rings (SSSR count). The molecule has 19 heavy (non-hydrogen) atoms. The normalized spacial score (nSPS) is 11.8. The standard InChI is InChI=1S/C13H19F3N2O/c1-2-11-5-3-7-18-12(11)9-17-6-4-8-19-10-13(14,15)16/h3,5,7,17H,2,4,6,8-10H2,1H3. The van der Waals surface area contributed by atoms with Crippen LogP contribution in [0, 0.1) is 0 Å². The van der Waals surface area contributed by atoms with E-state index in [9.17, 15) is 13.2 Å². The Hall–Kier alpha value is -1.14. The van der Waals surface area contributed by atoms with Gasteiger partial charge in [0.25, 0.3) is 0 Å². The average Bonchev–Trinajstić information content (AvgIpc) is 2.37. The second-order valence-electron chi connectivity index (χ2n) is 4.16. The minimum Gasteiger partial charge on any atom is -0.372 e. The number of aromatic nitrogens is 1. The highest BCUT2D eigenvalue weighted by Gasteiger charge is 2.27. The van der Waals surface area contributed by atoms with Crippen molar-refractivity contribution in [2.75, 3.05) is 19.8 Å². The highest BCUT2D eigenvalue weighted by molar-refractivity contribution is 5.19. The van der Waals surface area contributed by atoms with Gasteiger partial charge in [0.1, 0.15) is 6.61 Å². The van der Waals surface area contributed by atoms with Crippen molar-refractivity contribution in [3.63, 3.8) is 0 Å². The maximum absolute atomic E-state index is 11.8. The molecule has 1 aromatic rings. The highest BCUT2D eigenvalue weighted by Crippen LogP contribution is 2.14. The summed E-state index contributed by atoms with van der Waals surface area (Å²) < 4.78 is 39.9. The first-order valence-electron chi connectivity index (χ1n) is 6.31. The lowest BCUT2D eigenvalue weighted by Gasteiger charge is -2.09. The van der Waals surface area contributed by atoms with Crippen LogP contribution in [0.4, 0.5) is 13.2 Å². The van der Waals surface area contributed by atoms with Crippen molar-refractivity contribution in [1.82, 2.24) is 10.3 Å². The SMILES string of the molecule is CCc1cccnc1CNCCCOCC(F)(F)F. The Labute approximate surface area is 111 Å². The predicted molar refractivity (Wildman–Crippen MR) is 66.8 cm³/mol. The third-order valence-corrected chi connectivity index (χ3v) is 2.57. The first kappa shape index (κ1) is 15.9. The second-order valence-corrected chi connectivity index (χ2v) is 4.16. The smallest absolute Gasteiger partial charge is 0.372 e. The molecule has 0 aromatic carbocycles. The summed E-state index contributed by atoms with van der Waals surface area (Å²) in [7, 11) is 0. The fourth-order valence-electron chi connectivity index (χ4n) is 1.65. The first-order valence-corrected chi connectivity index (χ1v) is 6.31. The third kappa shape index (κ3) is 7.12. The van der Waals surface area contributed by atoms with E-state index in [0.717, 1.165) is 12.1 Å². The number of halogens is 3. The molecule has 0 unspecified atom stereocenters. The molecule has 1 heterocycles. The topological polar surface area (TPSA) is 34.2 Å². The van der Waals surface area contributed by atoms with Gasteiger partial charge in [-0.05, 0) is 31.0 Å². The highest BCUT2D eigenvalue weighted by atomic mass is 19.4. The summed E-state index contributed by atoms with van der Waals surface area (Å²) in [6.45, 7) is 2.23. The van der Waals surface area contributed by atoms with Crippen LogP contribution >= 0.6 is 0 Å². The van der Waals surface area contributed by atoms with E-state index in [0.29, 0.717) is 19.5 Å². The maximum atomic E-state index is 11.8. The first-order chi connectivity index (χ1) is 9.03. The van der Waals surface area contributed by atoms with E-state index in [1.165, 1.54) is 5.56 Å². The molecule has 0 saturated carbocycles. The Morgan fingerprint density at radius 1 is 1.37 bits per heavy atom. The Bertz CT molecular complexity index is 369. The largest absolute Gasteiger partial charge is 0.411 e. The van der Waals surface area contributed by atoms with Gasteiger partial charge in [0.2, 0.25) is 0 Å². The van der Waals surface area contributed by atoms with Crippen LogP contribution in [0.25, 0.3) is 0 Å². The average molecular weight is 276 g/mol. The number of nitrogens with one attached hydrogen (secondary N) is 1. The lowest BCUT2D eigenvalue weighted by molar-refractivity contribution is -0.173. The summed E-state index contributed by atoms with van der Waals surface area (Å²) in [5.41, 5.74) is 2.17. The minimum atomic E-state index is -4.24. The van der Waals surface area contributed by atoms with Crippen LogP contribution in [0.2, 0.25) is 0 Å². The molecular formula is C13H19F3N2O. The Morgan fingerprint density at radius 2 is 2.16 bits per heavy atom. The zero-order chi connectivity index (χ0) is 14.1. The Kier molecular flexibility index (Phi) is 6.80. The van der Waals surface area contributed by atoms with Crippen molar-refractivity contribution in [3.8, 4) is 0 Å². The number of aryl methyl sites for hydroxylation is 1. The Balaban J connectivity index is 2.11. The molecule has 0 saturated heterocycles. The van der Waals surface area contributed by atoms with E-state index in [1.54, 1.807) is 6.20 Å². The van der Waals surface area contributed by atoms with Crippen LogP contribution in [0.1, 0.15) is 24.6 Å². The summed E-state index contributed by atoms with van der Waals surface area (Å²) in [5.74, 6) is 0. The van der Waals surface area contributed by atoms with Gasteiger partial charge in [-0.15, -0.1) is 0 Å². The van der Waals surface area contributed by atoms with Crippen molar-refractivity contribution in [2.24, 2.45) is 0 Å². The monoisotopic (exact) mass is 276 g/mol. The number of pyridine rings is 1. The van der Waals surface area contributed by atoms with Crippen LogP contribution in [0.15, 0.2) is 18.3 Å². The van der Waals surface area contributed by atoms with Gasteiger partial charge in [-0.2, -0.15) is 13.2 Å². The van der Waals surface area contributed by atoms with Crippen molar-refractivity contribution < 1.29 is 17.9 Å². The van der Waals surface area contributed by atoms with Gasteiger partial charge in [-0.3, -0.25) is 4.98 Å². The summed E-state index contributed by atoms with van der Waals surface area (Å²) in [6, 6.07) is 3.92. The van der Waals surface area contributed by atoms with E-state index < -0.39 is 12.8 Å². The van der Waals surface area contributed by atoms with E-state index in [4.69, 9.17) is 0 Å². The summed E-state index contributed by atoms with van der Waals surface area (Å²) >= 11 is 0. The van der Waals surface area contributed by atoms with E-state index in [-0.39, 0.29) is 6.61 Å². The fraction of sp³-hybridized carbons (Fsp3) is 0.615. The number of ether oxygens (including phenoxy) is 1. The van der Waals surface area contributed by atoms with Crippen molar-refractivity contribution >= 4 is 0 Å². The van der Waals surface area contributed by atoms with Gasteiger partial charge in [0.15, 0.2) is 0 Å². The molecule has 1 aromatic heterocycles. The molecule has 0 aliphatic rings. The number of alkyl halides is 3. The predicted octanol–water partition coefficient (Wildman–Crippen LogP) is 2.70. The van der Waals surface area contributed by atoms with Crippen LogP contribution in [-0.2, 0) is 17.7 Å². The van der Waals surface area contributed by atoms with Crippen molar-refractivity contribution in [3.05, 3.63) is 29.6 Å². The molecule has 0 spiro atoms. The summed E-state index contributed by atoms with van der Waals surface area (Å²) in [4.78, 5) is 4.27. The van der Waals surface area contributed by atoms with Crippen LogP contribution in [0.3, 0.4) is 0 Å². The van der Waals surface area contributed by atoms with E-state index >= 15 is 0 Å². The van der Waals surface area contributed by atoms with E-state index in [1.807, 2.05) is 12.1 Å². The molecule has 0 atom stereocenters. The second kappa shape index (κ2) is 8.12. The quantitative estimate of drug-likeness (QED) is 0.741. The molecule has 0 amide bonds. The maximum Gasteiger partial charge on any atom is 0.411 e. The lowest BCUT2D eigenvalue weighted by Crippen LogP contribution is -2.21. The number of rotatable bonds is 8. The van der Waals surface area contributed by atoms with Crippen LogP contribution in [-0.4, -0.2) is 30.9 Å².